The molecule has 0 saturated heterocycles. The van der Waals surface area contributed by atoms with Crippen LogP contribution >= 0.6 is 15.9 Å². The van der Waals surface area contributed by atoms with Crippen LogP contribution in [0, 0.1) is 6.92 Å². The molecule has 0 unspecified atom stereocenters. The molecule has 0 fully saturated rings. The largest absolute Gasteiger partial charge is 0.478 e. The van der Waals surface area contributed by atoms with E-state index in [-0.39, 0.29) is 17.0 Å². The lowest BCUT2D eigenvalue weighted by molar-refractivity contribution is 0.0696. The summed E-state index contributed by atoms with van der Waals surface area (Å²) in [6.45, 7) is 5.47. The average molecular weight is 379 g/mol. The van der Waals surface area contributed by atoms with Crippen LogP contribution in [0.15, 0.2) is 21.5 Å². The van der Waals surface area contributed by atoms with Crippen molar-refractivity contribution in [1.82, 2.24) is 10.0 Å². The molecule has 0 aliphatic heterocycles. The molecule has 0 spiro atoms. The molecule has 1 aromatic rings. The van der Waals surface area contributed by atoms with E-state index in [0.717, 1.165) is 12.6 Å². The molecule has 0 heterocycles. The Morgan fingerprint density at radius 2 is 2.00 bits per heavy atom. The summed E-state index contributed by atoms with van der Waals surface area (Å²) in [5, 5.41) is 12.1. The van der Waals surface area contributed by atoms with Gasteiger partial charge in [-0.15, -0.1) is 0 Å². The summed E-state index contributed by atoms with van der Waals surface area (Å²) < 4.78 is 27.4. The molecule has 0 atom stereocenters. The number of carbonyl (C=O) groups is 1. The predicted octanol–water partition coefficient (Wildman–Crippen LogP) is 1.73. The summed E-state index contributed by atoms with van der Waals surface area (Å²) in [6.07, 6.45) is 0.655. The van der Waals surface area contributed by atoms with E-state index in [9.17, 15) is 13.2 Å². The second-order valence-corrected chi connectivity index (χ2v) is 7.04. The van der Waals surface area contributed by atoms with Gasteiger partial charge in [-0.25, -0.2) is 17.9 Å². The van der Waals surface area contributed by atoms with Gasteiger partial charge in [0.2, 0.25) is 10.0 Å². The van der Waals surface area contributed by atoms with Gasteiger partial charge >= 0.3 is 5.97 Å². The number of nitrogens with one attached hydrogen (secondary N) is 2. The zero-order valence-electron chi connectivity index (χ0n) is 11.9. The third-order valence-electron chi connectivity index (χ3n) is 2.83. The van der Waals surface area contributed by atoms with Crippen molar-refractivity contribution in [2.45, 2.75) is 25.2 Å². The van der Waals surface area contributed by atoms with Crippen LogP contribution in [0.25, 0.3) is 0 Å². The van der Waals surface area contributed by atoms with Crippen LogP contribution < -0.4 is 10.0 Å². The highest BCUT2D eigenvalue weighted by Crippen LogP contribution is 2.27. The van der Waals surface area contributed by atoms with E-state index in [1.807, 2.05) is 6.92 Å². The molecule has 8 heteroatoms. The third-order valence-corrected chi connectivity index (χ3v) is 5.63. The molecule has 21 heavy (non-hydrogen) atoms. The Bertz CT molecular complexity index is 617. The Morgan fingerprint density at radius 1 is 1.33 bits per heavy atom. The van der Waals surface area contributed by atoms with E-state index in [4.69, 9.17) is 5.11 Å². The van der Waals surface area contributed by atoms with Crippen LogP contribution in [0.4, 0.5) is 0 Å². The van der Waals surface area contributed by atoms with E-state index in [0.29, 0.717) is 23.0 Å². The summed E-state index contributed by atoms with van der Waals surface area (Å²) in [7, 11) is -3.74. The molecule has 1 rings (SSSR count). The molecule has 0 aromatic heterocycles. The minimum absolute atomic E-state index is 0.0521. The van der Waals surface area contributed by atoms with Gasteiger partial charge in [-0.2, -0.15) is 0 Å². The van der Waals surface area contributed by atoms with Gasteiger partial charge in [0, 0.05) is 11.0 Å². The van der Waals surface area contributed by atoms with Crippen LogP contribution in [-0.2, 0) is 10.0 Å². The Morgan fingerprint density at radius 3 is 2.57 bits per heavy atom. The number of carboxylic acid groups (broad SMARTS) is 1. The maximum atomic E-state index is 12.3. The van der Waals surface area contributed by atoms with E-state index >= 15 is 0 Å². The molecule has 0 aliphatic carbocycles. The minimum Gasteiger partial charge on any atom is -0.478 e. The van der Waals surface area contributed by atoms with Crippen molar-refractivity contribution in [2.75, 3.05) is 19.6 Å². The van der Waals surface area contributed by atoms with Crippen LogP contribution in [0.1, 0.15) is 29.3 Å². The zero-order chi connectivity index (χ0) is 16.0. The number of aryl methyl sites for hydroxylation is 1. The first-order valence-electron chi connectivity index (χ1n) is 6.53. The fourth-order valence-electron chi connectivity index (χ4n) is 1.73. The van der Waals surface area contributed by atoms with Crippen molar-refractivity contribution in [2.24, 2.45) is 0 Å². The lowest BCUT2D eigenvalue weighted by atomic mass is 10.1. The van der Waals surface area contributed by atoms with Gasteiger partial charge in [-0.05, 0) is 60.1 Å². The van der Waals surface area contributed by atoms with Crippen LogP contribution in [-0.4, -0.2) is 39.1 Å². The van der Waals surface area contributed by atoms with E-state index < -0.39 is 16.0 Å². The van der Waals surface area contributed by atoms with Crippen LogP contribution in [0.2, 0.25) is 0 Å². The summed E-state index contributed by atoms with van der Waals surface area (Å²) in [5.74, 6) is -1.16. The summed E-state index contributed by atoms with van der Waals surface area (Å²) >= 11 is 3.21. The molecule has 0 aliphatic rings. The van der Waals surface area contributed by atoms with Crippen LogP contribution in [0.5, 0.6) is 0 Å². The van der Waals surface area contributed by atoms with Gasteiger partial charge < -0.3 is 10.4 Å². The molecule has 1 aromatic carbocycles. The highest BCUT2D eigenvalue weighted by molar-refractivity contribution is 9.10. The maximum absolute atomic E-state index is 12.3. The number of carboxylic acids is 1. The van der Waals surface area contributed by atoms with Gasteiger partial charge in [-0.1, -0.05) is 6.92 Å². The quantitative estimate of drug-likeness (QED) is 0.598. The van der Waals surface area contributed by atoms with Crippen molar-refractivity contribution < 1.29 is 18.3 Å². The van der Waals surface area contributed by atoms with Crippen molar-refractivity contribution >= 4 is 31.9 Å². The second kappa shape index (κ2) is 7.88. The van der Waals surface area contributed by atoms with Gasteiger partial charge in [0.15, 0.2) is 0 Å². The Hall–Kier alpha value is -0.960. The SMILES string of the molecule is CCNCCCNS(=O)(=O)c1cc(C(=O)O)cc(C)c1Br. The molecular formula is C13H19BrN2O4S. The van der Waals surface area contributed by atoms with Crippen molar-refractivity contribution in [3.63, 3.8) is 0 Å². The fraction of sp³-hybridized carbons (Fsp3) is 0.462. The first kappa shape index (κ1) is 18.1. The number of halogens is 1. The highest BCUT2D eigenvalue weighted by atomic mass is 79.9. The topological polar surface area (TPSA) is 95.5 Å². The summed E-state index contributed by atoms with van der Waals surface area (Å²) in [6, 6.07) is 2.59. The first-order valence-corrected chi connectivity index (χ1v) is 8.81. The normalized spacial score (nSPS) is 11.6. The maximum Gasteiger partial charge on any atom is 0.335 e. The Kier molecular flexibility index (Phi) is 6.79. The number of sulfonamides is 1. The monoisotopic (exact) mass is 378 g/mol. The molecule has 0 bridgehead atoms. The van der Waals surface area contributed by atoms with Crippen molar-refractivity contribution in [1.29, 1.82) is 0 Å². The predicted molar refractivity (Wildman–Crippen MR) is 84.2 cm³/mol. The van der Waals surface area contributed by atoms with Crippen LogP contribution in [0.3, 0.4) is 0 Å². The zero-order valence-corrected chi connectivity index (χ0v) is 14.3. The number of rotatable bonds is 8. The average Bonchev–Trinajstić information content (AvgIpc) is 2.40. The number of aromatic carboxylic acids is 1. The Balaban J connectivity index is 2.94. The number of hydrogen-bond acceptors (Lipinski definition) is 4. The van der Waals surface area contributed by atoms with Gasteiger partial charge in [0.05, 0.1) is 10.5 Å². The Labute approximate surface area is 133 Å². The molecule has 118 valence electrons. The number of hydrogen-bond donors (Lipinski definition) is 3. The smallest absolute Gasteiger partial charge is 0.335 e. The fourth-order valence-corrected chi connectivity index (χ4v) is 3.85. The summed E-state index contributed by atoms with van der Waals surface area (Å²) in [5.41, 5.74) is 0.506. The lowest BCUT2D eigenvalue weighted by Gasteiger charge is -2.11. The van der Waals surface area contributed by atoms with Crippen molar-refractivity contribution in [3.8, 4) is 0 Å². The lowest BCUT2D eigenvalue weighted by Crippen LogP contribution is -2.28. The molecule has 3 N–H and O–H groups in total. The molecule has 0 saturated carbocycles. The second-order valence-electron chi connectivity index (χ2n) is 4.52. The highest BCUT2D eigenvalue weighted by Gasteiger charge is 2.21. The third kappa shape index (κ3) is 5.06. The molecular weight excluding hydrogens is 360 g/mol. The van der Waals surface area contributed by atoms with E-state index in [1.165, 1.54) is 6.07 Å². The molecule has 6 nitrogen and oxygen atoms in total. The standard InChI is InChI=1S/C13H19BrN2O4S/c1-3-15-5-4-6-16-21(19,20)11-8-10(13(17)18)7-9(2)12(11)14/h7-8,15-16H,3-6H2,1-2H3,(H,17,18). The van der Waals surface area contributed by atoms with Gasteiger partial charge in [0.1, 0.15) is 0 Å². The van der Waals surface area contributed by atoms with Crippen molar-refractivity contribution in [3.05, 3.63) is 27.7 Å². The van der Waals surface area contributed by atoms with E-state index in [1.54, 1.807) is 6.92 Å². The first-order chi connectivity index (χ1) is 9.79. The van der Waals surface area contributed by atoms with E-state index in [2.05, 4.69) is 26.0 Å². The summed E-state index contributed by atoms with van der Waals surface area (Å²) in [4.78, 5) is 11.0. The molecule has 0 radical (unpaired) electrons. The van der Waals surface area contributed by atoms with Gasteiger partial charge in [0.25, 0.3) is 0 Å². The molecule has 0 amide bonds. The minimum atomic E-state index is -3.74. The number of benzene rings is 1. The van der Waals surface area contributed by atoms with Gasteiger partial charge in [-0.3, -0.25) is 0 Å².